The van der Waals surface area contributed by atoms with Crippen molar-refractivity contribution in [1.82, 2.24) is 9.03 Å². The normalized spacial score (nSPS) is 23.9. The highest BCUT2D eigenvalue weighted by molar-refractivity contribution is 7.87. The summed E-state index contributed by atoms with van der Waals surface area (Å²) in [6, 6.07) is 16.5. The van der Waals surface area contributed by atoms with Crippen LogP contribution >= 0.6 is 0 Å². The minimum atomic E-state index is -3.68. The van der Waals surface area contributed by atoms with Gasteiger partial charge in [0.05, 0.1) is 6.04 Å². The molecule has 4 nitrogen and oxygen atoms in total. The topological polar surface area (TPSA) is 49.4 Å². The molecule has 2 aromatic carbocycles. The Morgan fingerprint density at radius 2 is 1.62 bits per heavy atom. The predicted molar refractivity (Wildman–Crippen MR) is 103 cm³/mol. The highest BCUT2D eigenvalue weighted by Gasteiger charge is 2.44. The van der Waals surface area contributed by atoms with Gasteiger partial charge in [0.1, 0.15) is 0 Å². The van der Waals surface area contributed by atoms with Crippen LogP contribution in [0, 0.1) is 0 Å². The lowest BCUT2D eigenvalue weighted by molar-refractivity contribution is 0.0706. The van der Waals surface area contributed by atoms with Gasteiger partial charge >= 0.3 is 0 Å². The van der Waals surface area contributed by atoms with Crippen LogP contribution in [0.4, 0.5) is 4.39 Å². The van der Waals surface area contributed by atoms with E-state index in [1.807, 2.05) is 42.5 Å². The maximum absolute atomic E-state index is 16.0. The van der Waals surface area contributed by atoms with Crippen molar-refractivity contribution in [3.05, 3.63) is 60.2 Å². The van der Waals surface area contributed by atoms with Gasteiger partial charge in [-0.3, -0.25) is 0 Å². The average Bonchev–Trinajstić information content (AvgIpc) is 2.64. The first-order chi connectivity index (χ1) is 12.3. The standard InChI is InChI=1S/C20H25FN2O2S/c1-23(2)26(24,25)22-19-10-6-7-15-20(19,21)18-13-11-17(12-14-18)16-8-4-3-5-9-16/h3-5,8-9,11-14,19,22H,6-7,10,15H2,1-2H3/t19-,20-/m0/s1. The third-order valence-corrected chi connectivity index (χ3v) is 6.62. The van der Waals surface area contributed by atoms with Crippen molar-refractivity contribution in [2.24, 2.45) is 0 Å². The molecule has 0 amide bonds. The van der Waals surface area contributed by atoms with Crippen molar-refractivity contribution in [2.45, 2.75) is 37.4 Å². The van der Waals surface area contributed by atoms with Gasteiger partial charge in [-0.2, -0.15) is 17.4 Å². The summed E-state index contributed by atoms with van der Waals surface area (Å²) >= 11 is 0. The van der Waals surface area contributed by atoms with E-state index in [1.54, 1.807) is 12.1 Å². The molecule has 1 saturated carbocycles. The zero-order valence-electron chi connectivity index (χ0n) is 15.2. The molecule has 1 N–H and O–H groups in total. The van der Waals surface area contributed by atoms with Gasteiger partial charge in [0, 0.05) is 14.1 Å². The summed E-state index contributed by atoms with van der Waals surface area (Å²) in [6.45, 7) is 0. The molecule has 2 atom stereocenters. The highest BCUT2D eigenvalue weighted by Crippen LogP contribution is 2.42. The lowest BCUT2D eigenvalue weighted by Gasteiger charge is -2.38. The number of alkyl halides is 1. The maximum Gasteiger partial charge on any atom is 0.279 e. The van der Waals surface area contributed by atoms with E-state index in [-0.39, 0.29) is 0 Å². The van der Waals surface area contributed by atoms with E-state index in [1.165, 1.54) is 14.1 Å². The van der Waals surface area contributed by atoms with Crippen molar-refractivity contribution >= 4 is 10.2 Å². The van der Waals surface area contributed by atoms with Crippen LogP contribution in [0.3, 0.4) is 0 Å². The van der Waals surface area contributed by atoms with Gasteiger partial charge in [-0.25, -0.2) is 4.39 Å². The molecule has 0 saturated heterocycles. The summed E-state index contributed by atoms with van der Waals surface area (Å²) in [5.41, 5.74) is 0.916. The summed E-state index contributed by atoms with van der Waals surface area (Å²) in [5, 5.41) is 0. The molecule has 0 bridgehead atoms. The molecule has 26 heavy (non-hydrogen) atoms. The number of hydrogen-bond acceptors (Lipinski definition) is 2. The number of hydrogen-bond donors (Lipinski definition) is 1. The summed E-state index contributed by atoms with van der Waals surface area (Å²) in [6.07, 6.45) is 2.37. The summed E-state index contributed by atoms with van der Waals surface area (Å²) in [4.78, 5) is 0. The van der Waals surface area contributed by atoms with Crippen molar-refractivity contribution < 1.29 is 12.8 Å². The van der Waals surface area contributed by atoms with E-state index in [0.717, 1.165) is 28.3 Å². The Bertz CT molecular complexity index is 838. The van der Waals surface area contributed by atoms with Crippen LogP contribution in [-0.2, 0) is 15.9 Å². The molecule has 0 aromatic heterocycles. The smallest absolute Gasteiger partial charge is 0.237 e. The van der Waals surface area contributed by atoms with E-state index in [2.05, 4.69) is 4.72 Å². The first-order valence-electron chi connectivity index (χ1n) is 8.87. The SMILES string of the molecule is CN(C)S(=O)(=O)N[C@H]1CCCC[C@]1(F)c1ccc(-c2ccccc2)cc1. The molecule has 1 aliphatic rings. The Hall–Kier alpha value is -1.76. The van der Waals surface area contributed by atoms with Crippen LogP contribution in [0.2, 0.25) is 0 Å². The monoisotopic (exact) mass is 376 g/mol. The molecule has 6 heteroatoms. The minimum absolute atomic E-state index is 0.318. The Morgan fingerprint density at radius 3 is 2.23 bits per heavy atom. The second-order valence-electron chi connectivity index (χ2n) is 7.01. The molecule has 0 unspecified atom stereocenters. The fourth-order valence-electron chi connectivity index (χ4n) is 3.49. The average molecular weight is 376 g/mol. The van der Waals surface area contributed by atoms with Gasteiger partial charge in [-0.15, -0.1) is 0 Å². The van der Waals surface area contributed by atoms with Gasteiger partial charge in [-0.1, -0.05) is 61.0 Å². The molecule has 0 heterocycles. The molecule has 3 rings (SSSR count). The van der Waals surface area contributed by atoms with Gasteiger partial charge in [-0.05, 0) is 36.0 Å². The van der Waals surface area contributed by atoms with Crippen molar-refractivity contribution in [3.8, 4) is 11.1 Å². The van der Waals surface area contributed by atoms with E-state index in [9.17, 15) is 8.42 Å². The van der Waals surface area contributed by atoms with Crippen molar-refractivity contribution in [3.63, 3.8) is 0 Å². The van der Waals surface area contributed by atoms with Crippen LogP contribution in [-0.4, -0.2) is 32.9 Å². The Kier molecular flexibility index (Phi) is 5.46. The first-order valence-corrected chi connectivity index (χ1v) is 10.3. The highest BCUT2D eigenvalue weighted by atomic mass is 32.2. The van der Waals surface area contributed by atoms with Gasteiger partial charge in [0.25, 0.3) is 10.2 Å². The molecular weight excluding hydrogens is 351 g/mol. The van der Waals surface area contributed by atoms with Gasteiger partial charge in [0.15, 0.2) is 5.67 Å². The Morgan fingerprint density at radius 1 is 1.00 bits per heavy atom. The molecule has 0 spiro atoms. The largest absolute Gasteiger partial charge is 0.279 e. The zero-order valence-corrected chi connectivity index (χ0v) is 16.0. The van der Waals surface area contributed by atoms with Crippen molar-refractivity contribution in [1.29, 1.82) is 0 Å². The molecule has 0 aliphatic heterocycles. The third kappa shape index (κ3) is 3.82. The third-order valence-electron chi connectivity index (χ3n) is 5.08. The predicted octanol–water partition coefficient (Wildman–Crippen LogP) is 3.86. The zero-order chi connectivity index (χ0) is 18.8. The van der Waals surface area contributed by atoms with Crippen LogP contribution in [0.1, 0.15) is 31.2 Å². The fraction of sp³-hybridized carbons (Fsp3) is 0.400. The molecule has 140 valence electrons. The van der Waals surface area contributed by atoms with Crippen LogP contribution in [0.25, 0.3) is 11.1 Å². The first kappa shape index (κ1) is 19.0. The number of benzene rings is 2. The molecule has 1 fully saturated rings. The van der Waals surface area contributed by atoms with Crippen molar-refractivity contribution in [2.75, 3.05) is 14.1 Å². The fourth-order valence-corrected chi connectivity index (χ4v) is 4.36. The van der Waals surface area contributed by atoms with E-state index in [0.29, 0.717) is 18.4 Å². The molecule has 0 radical (unpaired) electrons. The second kappa shape index (κ2) is 7.47. The number of nitrogens with zero attached hydrogens (tertiary/aromatic N) is 1. The number of nitrogens with one attached hydrogen (secondary N) is 1. The minimum Gasteiger partial charge on any atom is -0.237 e. The van der Waals surface area contributed by atoms with Gasteiger partial charge < -0.3 is 0 Å². The number of halogens is 1. The summed E-state index contributed by atoms with van der Waals surface area (Å²) in [5.74, 6) is 0. The second-order valence-corrected chi connectivity index (χ2v) is 8.93. The van der Waals surface area contributed by atoms with E-state index < -0.39 is 21.9 Å². The van der Waals surface area contributed by atoms with E-state index in [4.69, 9.17) is 0 Å². The molecule has 1 aliphatic carbocycles. The van der Waals surface area contributed by atoms with Crippen LogP contribution in [0.15, 0.2) is 54.6 Å². The summed E-state index contributed by atoms with van der Waals surface area (Å²) in [7, 11) is -0.796. The van der Waals surface area contributed by atoms with E-state index >= 15 is 4.39 Å². The Balaban J connectivity index is 1.89. The van der Waals surface area contributed by atoms with Crippen LogP contribution < -0.4 is 4.72 Å². The maximum atomic E-state index is 16.0. The lowest BCUT2D eigenvalue weighted by Crippen LogP contribution is -2.52. The number of rotatable bonds is 5. The molecule has 2 aromatic rings. The Labute approximate surface area is 155 Å². The molecular formula is C20H25FN2O2S. The summed E-state index contributed by atoms with van der Waals surface area (Å²) < 4.78 is 44.0. The quantitative estimate of drug-likeness (QED) is 0.861. The van der Waals surface area contributed by atoms with Crippen LogP contribution in [0.5, 0.6) is 0 Å². The van der Waals surface area contributed by atoms with Gasteiger partial charge in [0.2, 0.25) is 0 Å². The lowest BCUT2D eigenvalue weighted by atomic mass is 9.77.